The number of hydrogen-bond acceptors (Lipinski definition) is 8. The summed E-state index contributed by atoms with van der Waals surface area (Å²) in [6.45, 7) is 10.1. The van der Waals surface area contributed by atoms with Gasteiger partial charge in [-0.15, -0.1) is 0 Å². The van der Waals surface area contributed by atoms with Gasteiger partial charge in [0.05, 0.1) is 5.56 Å². The predicted molar refractivity (Wildman–Crippen MR) is 95.3 cm³/mol. The lowest BCUT2D eigenvalue weighted by Crippen LogP contribution is -2.31. The first-order valence-electron chi connectivity index (χ1n) is 8.02. The van der Waals surface area contributed by atoms with Crippen molar-refractivity contribution < 1.29 is 28.6 Å². The maximum atomic E-state index is 12.0. The zero-order valence-electron chi connectivity index (χ0n) is 15.9. The molecule has 26 heavy (non-hydrogen) atoms. The van der Waals surface area contributed by atoms with Crippen LogP contribution in [-0.4, -0.2) is 29.3 Å². The second-order valence-electron chi connectivity index (χ2n) is 7.71. The summed E-state index contributed by atoms with van der Waals surface area (Å²) in [4.78, 5) is 35.6. The van der Waals surface area contributed by atoms with Crippen molar-refractivity contribution in [1.82, 2.24) is 0 Å². The van der Waals surface area contributed by atoms with Gasteiger partial charge in [0.1, 0.15) is 17.2 Å². The molecule has 0 spiro atoms. The van der Waals surface area contributed by atoms with Crippen LogP contribution in [0.5, 0.6) is 0 Å². The van der Waals surface area contributed by atoms with Crippen LogP contribution in [0, 0.1) is 0 Å². The molecule has 0 bridgehead atoms. The summed E-state index contributed by atoms with van der Waals surface area (Å²) in [6.07, 6.45) is -1.15. The highest BCUT2D eigenvalue weighted by atomic mass is 16.7. The fraction of sp³-hybridized carbons (Fsp3) is 0.500. The zero-order chi connectivity index (χ0) is 20.3. The molecular weight excluding hydrogens is 340 g/mol. The van der Waals surface area contributed by atoms with Crippen LogP contribution in [0.1, 0.15) is 63.5 Å². The Morgan fingerprint density at radius 2 is 1.50 bits per heavy atom. The van der Waals surface area contributed by atoms with Gasteiger partial charge < -0.3 is 25.7 Å². The van der Waals surface area contributed by atoms with Gasteiger partial charge in [0.25, 0.3) is 0 Å². The van der Waals surface area contributed by atoms with Gasteiger partial charge >= 0.3 is 18.1 Å². The van der Waals surface area contributed by atoms with Crippen molar-refractivity contribution in [1.29, 1.82) is 0 Å². The Bertz CT molecular complexity index is 701. The molecule has 1 rings (SSSR count). The number of hydrogen-bond donors (Lipinski definition) is 2. The van der Waals surface area contributed by atoms with Crippen molar-refractivity contribution in [2.75, 3.05) is 5.73 Å². The van der Waals surface area contributed by atoms with E-state index in [1.165, 1.54) is 18.2 Å². The number of esters is 2. The van der Waals surface area contributed by atoms with E-state index in [2.05, 4.69) is 4.74 Å². The van der Waals surface area contributed by atoms with Gasteiger partial charge in [-0.3, -0.25) is 0 Å². The van der Waals surface area contributed by atoms with Crippen LogP contribution in [0.25, 0.3) is 0 Å². The number of nitrogen functional groups attached to an aromatic ring is 1. The summed E-state index contributed by atoms with van der Waals surface area (Å²) in [5.74, 6) is -1.57. The summed E-state index contributed by atoms with van der Waals surface area (Å²) in [5.41, 5.74) is 10.7. The minimum atomic E-state index is -1.31. The Kier molecular flexibility index (Phi) is 6.38. The van der Waals surface area contributed by atoms with Crippen molar-refractivity contribution in [3.05, 3.63) is 29.3 Å². The third-order valence-electron chi connectivity index (χ3n) is 2.88. The van der Waals surface area contributed by atoms with E-state index in [0.717, 1.165) is 0 Å². The van der Waals surface area contributed by atoms with E-state index in [-0.39, 0.29) is 16.8 Å². The highest BCUT2D eigenvalue weighted by Crippen LogP contribution is 2.23. The molecule has 0 heterocycles. The number of carbonyl (C=O) groups is 3. The summed E-state index contributed by atoms with van der Waals surface area (Å²) in [5, 5.41) is 0. The van der Waals surface area contributed by atoms with Gasteiger partial charge in [-0.25, -0.2) is 14.4 Å². The van der Waals surface area contributed by atoms with E-state index >= 15 is 0 Å². The SMILES string of the molecule is CC(C)(C)OC(=O)OC(=O)C(N)c1ccc(C(=O)OC(C)(C)C)cc1N. The predicted octanol–water partition coefficient (Wildman–Crippen LogP) is 2.70. The molecule has 0 aliphatic heterocycles. The van der Waals surface area contributed by atoms with Crippen LogP contribution in [0.2, 0.25) is 0 Å². The van der Waals surface area contributed by atoms with Gasteiger partial charge in [0.2, 0.25) is 0 Å². The molecule has 1 aromatic rings. The molecule has 0 aromatic heterocycles. The Labute approximate surface area is 152 Å². The molecule has 8 nitrogen and oxygen atoms in total. The minimum absolute atomic E-state index is 0.0991. The monoisotopic (exact) mass is 366 g/mol. The molecule has 0 amide bonds. The van der Waals surface area contributed by atoms with Gasteiger partial charge in [0.15, 0.2) is 0 Å². The molecule has 0 saturated heterocycles. The first-order valence-corrected chi connectivity index (χ1v) is 8.02. The van der Waals surface area contributed by atoms with E-state index in [9.17, 15) is 14.4 Å². The number of carbonyl (C=O) groups excluding carboxylic acids is 3. The fourth-order valence-corrected chi connectivity index (χ4v) is 1.87. The lowest BCUT2D eigenvalue weighted by atomic mass is 10.0. The highest BCUT2D eigenvalue weighted by Gasteiger charge is 2.27. The maximum Gasteiger partial charge on any atom is 0.516 e. The maximum absolute atomic E-state index is 12.0. The van der Waals surface area contributed by atoms with Crippen molar-refractivity contribution >= 4 is 23.8 Å². The quantitative estimate of drug-likeness (QED) is 0.474. The van der Waals surface area contributed by atoms with Crippen LogP contribution in [0.3, 0.4) is 0 Å². The molecular formula is C18H26N2O6. The van der Waals surface area contributed by atoms with E-state index in [0.29, 0.717) is 0 Å². The van der Waals surface area contributed by atoms with E-state index in [4.69, 9.17) is 20.9 Å². The average Bonchev–Trinajstić information content (AvgIpc) is 2.42. The Balaban J connectivity index is 2.87. The van der Waals surface area contributed by atoms with Crippen LogP contribution >= 0.6 is 0 Å². The van der Waals surface area contributed by atoms with Gasteiger partial charge in [-0.2, -0.15) is 0 Å². The van der Waals surface area contributed by atoms with Crippen LogP contribution in [0.4, 0.5) is 10.5 Å². The van der Waals surface area contributed by atoms with Crippen molar-refractivity contribution in [2.45, 2.75) is 58.8 Å². The fourth-order valence-electron chi connectivity index (χ4n) is 1.87. The number of nitrogens with two attached hydrogens (primary N) is 2. The number of rotatable bonds is 3. The molecule has 1 aromatic carbocycles. The van der Waals surface area contributed by atoms with Crippen molar-refractivity contribution in [3.63, 3.8) is 0 Å². The third-order valence-corrected chi connectivity index (χ3v) is 2.88. The van der Waals surface area contributed by atoms with Gasteiger partial charge in [-0.05, 0) is 53.7 Å². The van der Waals surface area contributed by atoms with Crippen LogP contribution in [-0.2, 0) is 19.0 Å². The standard InChI is InChI=1S/C18H26N2O6/c1-17(2,3)25-14(21)10-7-8-11(12(19)9-10)13(20)15(22)24-16(23)26-18(4,5)6/h7-9,13H,19-20H2,1-6H3. The summed E-state index contributed by atoms with van der Waals surface area (Å²) >= 11 is 0. The number of benzene rings is 1. The number of ether oxygens (including phenoxy) is 3. The molecule has 144 valence electrons. The van der Waals surface area contributed by atoms with E-state index in [1.54, 1.807) is 41.5 Å². The van der Waals surface area contributed by atoms with Crippen LogP contribution < -0.4 is 11.5 Å². The highest BCUT2D eigenvalue weighted by molar-refractivity contribution is 5.92. The molecule has 1 unspecified atom stereocenters. The molecule has 8 heteroatoms. The van der Waals surface area contributed by atoms with Crippen LogP contribution in [0.15, 0.2) is 18.2 Å². The van der Waals surface area contributed by atoms with Crippen molar-refractivity contribution in [3.8, 4) is 0 Å². The molecule has 4 N–H and O–H groups in total. The molecule has 0 saturated carbocycles. The Morgan fingerprint density at radius 3 is 1.96 bits per heavy atom. The second kappa shape index (κ2) is 7.74. The lowest BCUT2D eigenvalue weighted by molar-refractivity contribution is -0.143. The number of anilines is 1. The Morgan fingerprint density at radius 1 is 0.962 bits per heavy atom. The topological polar surface area (TPSA) is 131 Å². The van der Waals surface area contributed by atoms with E-state index in [1.807, 2.05) is 0 Å². The molecule has 1 atom stereocenters. The molecule has 0 fully saturated rings. The lowest BCUT2D eigenvalue weighted by Gasteiger charge is -2.20. The normalized spacial score (nSPS) is 12.9. The summed E-state index contributed by atoms with van der Waals surface area (Å²) < 4.78 is 14.7. The molecule has 0 aliphatic rings. The van der Waals surface area contributed by atoms with Crippen molar-refractivity contribution in [2.24, 2.45) is 5.73 Å². The minimum Gasteiger partial charge on any atom is -0.456 e. The summed E-state index contributed by atoms with van der Waals surface area (Å²) in [7, 11) is 0. The van der Waals surface area contributed by atoms with Gasteiger partial charge in [-0.1, -0.05) is 6.07 Å². The first kappa shape index (κ1) is 21.4. The Hall–Kier alpha value is -2.61. The average molecular weight is 366 g/mol. The molecule has 0 aliphatic carbocycles. The summed E-state index contributed by atoms with van der Waals surface area (Å²) in [6, 6.07) is 2.88. The second-order valence-corrected chi connectivity index (χ2v) is 7.71. The zero-order valence-corrected chi connectivity index (χ0v) is 15.9. The smallest absolute Gasteiger partial charge is 0.456 e. The largest absolute Gasteiger partial charge is 0.516 e. The molecule has 0 radical (unpaired) electrons. The van der Waals surface area contributed by atoms with Gasteiger partial charge in [0, 0.05) is 11.3 Å². The third kappa shape index (κ3) is 6.72. The van der Waals surface area contributed by atoms with E-state index < -0.39 is 35.3 Å². The first-order chi connectivity index (χ1) is 11.7.